The molecule has 1 unspecified atom stereocenters. The van der Waals surface area contributed by atoms with Crippen LogP contribution in [0.2, 0.25) is 0 Å². The molecule has 2 N–H and O–H groups in total. The van der Waals surface area contributed by atoms with Gasteiger partial charge in [-0.3, -0.25) is 0 Å². The van der Waals surface area contributed by atoms with E-state index in [4.69, 9.17) is 4.74 Å². The maximum Gasteiger partial charge on any atom is 0.216 e. The van der Waals surface area contributed by atoms with Crippen molar-refractivity contribution in [2.75, 3.05) is 20.8 Å². The van der Waals surface area contributed by atoms with Crippen molar-refractivity contribution in [1.82, 2.24) is 10.0 Å². The van der Waals surface area contributed by atoms with Gasteiger partial charge in [-0.05, 0) is 24.6 Å². The highest BCUT2D eigenvalue weighted by atomic mass is 32.2. The smallest absolute Gasteiger partial charge is 0.216 e. The predicted octanol–water partition coefficient (Wildman–Crippen LogP) is 1.64. The van der Waals surface area contributed by atoms with Crippen LogP contribution in [0.1, 0.15) is 30.9 Å². The average molecular weight is 314 g/mol. The third kappa shape index (κ3) is 7.04. The quantitative estimate of drug-likeness (QED) is 0.689. The second-order valence-electron chi connectivity index (χ2n) is 5.16. The molecule has 0 amide bonds. The normalized spacial score (nSPS) is 13.3. The fourth-order valence-electron chi connectivity index (χ4n) is 2.20. The second kappa shape index (κ2) is 9.15. The summed E-state index contributed by atoms with van der Waals surface area (Å²) in [5, 5.41) is 3.06. The van der Waals surface area contributed by atoms with E-state index in [1.807, 2.05) is 38.2 Å². The summed E-state index contributed by atoms with van der Waals surface area (Å²) in [4.78, 5) is 0. The summed E-state index contributed by atoms with van der Waals surface area (Å²) in [6, 6.07) is 7.45. The van der Waals surface area contributed by atoms with Crippen molar-refractivity contribution in [2.45, 2.75) is 38.1 Å². The molecule has 1 aromatic rings. The summed E-state index contributed by atoms with van der Waals surface area (Å²) < 4.78 is 32.2. The van der Waals surface area contributed by atoms with Gasteiger partial charge in [0.1, 0.15) is 0 Å². The Bertz CT molecular complexity index is 494. The van der Waals surface area contributed by atoms with Gasteiger partial charge in [-0.15, -0.1) is 0 Å². The molecule has 0 aliphatic heterocycles. The van der Waals surface area contributed by atoms with Crippen LogP contribution < -0.4 is 10.0 Å². The van der Waals surface area contributed by atoms with E-state index in [2.05, 4.69) is 10.0 Å². The van der Waals surface area contributed by atoms with Gasteiger partial charge in [0.05, 0.1) is 12.4 Å². The van der Waals surface area contributed by atoms with E-state index in [1.54, 1.807) is 7.11 Å². The molecule has 0 saturated carbocycles. The summed E-state index contributed by atoms with van der Waals surface area (Å²) in [6.07, 6.45) is 1.68. The first kappa shape index (κ1) is 18.1. The van der Waals surface area contributed by atoms with E-state index in [9.17, 15) is 8.42 Å². The van der Waals surface area contributed by atoms with Crippen molar-refractivity contribution >= 4 is 10.0 Å². The van der Waals surface area contributed by atoms with Gasteiger partial charge in [0.15, 0.2) is 0 Å². The van der Waals surface area contributed by atoms with Crippen LogP contribution in [0.3, 0.4) is 0 Å². The van der Waals surface area contributed by atoms with E-state index in [0.717, 1.165) is 30.5 Å². The second-order valence-corrected chi connectivity index (χ2v) is 6.92. The fourth-order valence-corrected chi connectivity index (χ4v) is 3.61. The minimum absolute atomic E-state index is 0.00321. The number of hydrogen-bond acceptors (Lipinski definition) is 4. The molecule has 0 aliphatic carbocycles. The van der Waals surface area contributed by atoms with Crippen LogP contribution in [0.25, 0.3) is 0 Å². The molecule has 1 aromatic carbocycles. The molecule has 0 saturated heterocycles. The minimum atomic E-state index is -3.35. The molecule has 0 heterocycles. The summed E-state index contributed by atoms with van der Waals surface area (Å²) in [5.74, 6) is -0.00321. The zero-order valence-electron chi connectivity index (χ0n) is 13.1. The molecule has 0 fully saturated rings. The van der Waals surface area contributed by atoms with Gasteiger partial charge in [-0.25, -0.2) is 13.1 Å². The monoisotopic (exact) mass is 314 g/mol. The lowest BCUT2D eigenvalue weighted by Gasteiger charge is -2.17. The Labute approximate surface area is 128 Å². The molecule has 6 heteroatoms. The van der Waals surface area contributed by atoms with Gasteiger partial charge >= 0.3 is 0 Å². The maximum absolute atomic E-state index is 12.2. The van der Waals surface area contributed by atoms with Gasteiger partial charge in [0.2, 0.25) is 10.0 Å². The highest BCUT2D eigenvalue weighted by Gasteiger charge is 2.17. The third-order valence-corrected chi connectivity index (χ3v) is 4.52. The van der Waals surface area contributed by atoms with Crippen molar-refractivity contribution in [1.29, 1.82) is 0 Å². The summed E-state index contributed by atoms with van der Waals surface area (Å²) in [5.41, 5.74) is 1.92. The topological polar surface area (TPSA) is 67.4 Å². The van der Waals surface area contributed by atoms with Gasteiger partial charge in [-0.2, -0.15) is 0 Å². The number of methoxy groups -OCH3 is 1. The van der Waals surface area contributed by atoms with E-state index in [0.29, 0.717) is 6.61 Å². The molecule has 120 valence electrons. The number of nitrogens with one attached hydrogen (secondary N) is 2. The molecule has 1 atom stereocenters. The van der Waals surface area contributed by atoms with Crippen LogP contribution in [0, 0.1) is 0 Å². The van der Waals surface area contributed by atoms with Crippen LogP contribution in [-0.4, -0.2) is 35.2 Å². The summed E-state index contributed by atoms with van der Waals surface area (Å²) in [7, 11) is 0.113. The molecular formula is C15H26N2O3S. The first-order chi connectivity index (χ1) is 10.0. The van der Waals surface area contributed by atoms with E-state index >= 15 is 0 Å². The number of ether oxygens (including phenoxy) is 1. The van der Waals surface area contributed by atoms with Crippen molar-refractivity contribution < 1.29 is 13.2 Å². The Morgan fingerprint density at radius 3 is 2.33 bits per heavy atom. The fraction of sp³-hybridized carbons (Fsp3) is 0.600. The largest absolute Gasteiger partial charge is 0.383 e. The van der Waals surface area contributed by atoms with Gasteiger partial charge in [0, 0.05) is 19.7 Å². The molecule has 0 aliphatic rings. The number of benzene rings is 1. The van der Waals surface area contributed by atoms with E-state index < -0.39 is 10.0 Å². The Balaban J connectivity index is 2.65. The first-order valence-electron chi connectivity index (χ1n) is 7.22. The third-order valence-electron chi connectivity index (χ3n) is 3.11. The van der Waals surface area contributed by atoms with Crippen LogP contribution in [0.4, 0.5) is 0 Å². The summed E-state index contributed by atoms with van der Waals surface area (Å²) in [6.45, 7) is 3.20. The Morgan fingerprint density at radius 1 is 1.19 bits per heavy atom. The lowest BCUT2D eigenvalue weighted by Crippen LogP contribution is -2.38. The van der Waals surface area contributed by atoms with Crippen LogP contribution in [0.5, 0.6) is 0 Å². The predicted molar refractivity (Wildman–Crippen MR) is 85.5 cm³/mol. The van der Waals surface area contributed by atoms with Crippen molar-refractivity contribution in [3.05, 3.63) is 35.4 Å². The molecule has 0 spiro atoms. The summed E-state index contributed by atoms with van der Waals surface area (Å²) >= 11 is 0. The molecule has 0 aromatic heterocycles. The lowest BCUT2D eigenvalue weighted by atomic mass is 10.1. The zero-order valence-corrected chi connectivity index (χ0v) is 13.9. The van der Waals surface area contributed by atoms with Gasteiger partial charge < -0.3 is 10.1 Å². The first-order valence-corrected chi connectivity index (χ1v) is 8.87. The SMILES string of the molecule is CCCC(COC)NS(=O)(=O)Cc1ccc(CNC)cc1. The van der Waals surface area contributed by atoms with Crippen LogP contribution in [0.15, 0.2) is 24.3 Å². The van der Waals surface area contributed by atoms with Crippen molar-refractivity contribution in [2.24, 2.45) is 0 Å². The maximum atomic E-state index is 12.2. The van der Waals surface area contributed by atoms with Gasteiger partial charge in [0.25, 0.3) is 0 Å². The van der Waals surface area contributed by atoms with Gasteiger partial charge in [-0.1, -0.05) is 37.6 Å². The number of rotatable bonds is 10. The zero-order chi connectivity index (χ0) is 15.7. The molecule has 1 rings (SSSR count). The molecule has 5 nitrogen and oxygen atoms in total. The number of hydrogen-bond donors (Lipinski definition) is 2. The van der Waals surface area contributed by atoms with Crippen LogP contribution >= 0.6 is 0 Å². The van der Waals surface area contributed by atoms with E-state index in [-0.39, 0.29) is 11.8 Å². The standard InChI is InChI=1S/C15H26N2O3S/c1-4-5-15(11-20-3)17-21(18,19)12-14-8-6-13(7-9-14)10-16-2/h6-9,15-17H,4-5,10-12H2,1-3H3. The Morgan fingerprint density at radius 2 is 1.81 bits per heavy atom. The van der Waals surface area contributed by atoms with Crippen LogP contribution in [-0.2, 0) is 27.1 Å². The Kier molecular flexibility index (Phi) is 7.88. The number of sulfonamides is 1. The molecule has 0 bridgehead atoms. The van der Waals surface area contributed by atoms with Crippen molar-refractivity contribution in [3.63, 3.8) is 0 Å². The highest BCUT2D eigenvalue weighted by molar-refractivity contribution is 7.88. The molecule has 0 radical (unpaired) electrons. The van der Waals surface area contributed by atoms with E-state index in [1.165, 1.54) is 0 Å². The Hall–Kier alpha value is -0.950. The lowest BCUT2D eigenvalue weighted by molar-refractivity contribution is 0.171. The average Bonchev–Trinajstić information content (AvgIpc) is 2.41. The highest BCUT2D eigenvalue weighted by Crippen LogP contribution is 2.09. The van der Waals surface area contributed by atoms with Crippen molar-refractivity contribution in [3.8, 4) is 0 Å². The minimum Gasteiger partial charge on any atom is -0.383 e. The molecule has 21 heavy (non-hydrogen) atoms. The molecular weight excluding hydrogens is 288 g/mol.